The van der Waals surface area contributed by atoms with Crippen molar-refractivity contribution in [2.24, 2.45) is 0 Å². The van der Waals surface area contributed by atoms with Gasteiger partial charge in [0.2, 0.25) is 5.88 Å². The number of hydrogen-bond donors (Lipinski definition) is 2. The second kappa shape index (κ2) is 7.92. The van der Waals surface area contributed by atoms with Gasteiger partial charge in [0, 0.05) is 30.4 Å². The Morgan fingerprint density at radius 2 is 2.10 bits per heavy atom. The lowest BCUT2D eigenvalue weighted by atomic mass is 10.0. The normalized spacial score (nSPS) is 23.2. The van der Waals surface area contributed by atoms with E-state index in [2.05, 4.69) is 20.5 Å². The van der Waals surface area contributed by atoms with Gasteiger partial charge >= 0.3 is 6.18 Å². The Morgan fingerprint density at radius 1 is 1.37 bits per heavy atom. The molecule has 2 unspecified atom stereocenters. The molecular formula is C20H23F3N4O3. The Hall–Kier alpha value is -2.59. The van der Waals surface area contributed by atoms with E-state index in [1.165, 1.54) is 10.7 Å². The lowest BCUT2D eigenvalue weighted by Gasteiger charge is -2.23. The van der Waals surface area contributed by atoms with E-state index >= 15 is 0 Å². The number of halogens is 3. The van der Waals surface area contributed by atoms with Crippen molar-refractivity contribution in [2.75, 3.05) is 18.5 Å². The van der Waals surface area contributed by atoms with Gasteiger partial charge in [0.05, 0.1) is 12.2 Å². The summed E-state index contributed by atoms with van der Waals surface area (Å²) in [6, 6.07) is 8.65. The van der Waals surface area contributed by atoms with E-state index in [0.717, 1.165) is 18.5 Å². The van der Waals surface area contributed by atoms with Crippen LogP contribution in [0.5, 0.6) is 5.88 Å². The van der Waals surface area contributed by atoms with E-state index < -0.39 is 18.7 Å². The molecule has 30 heavy (non-hydrogen) atoms. The SMILES string of the molecule is CC(C)n1nc(OCC(F)(F)F)cc1C(=O)Nc1ccc(C2OC3CN[C@H]2C3)cc1. The van der Waals surface area contributed by atoms with Crippen LogP contribution in [0, 0.1) is 0 Å². The minimum Gasteiger partial charge on any atom is -0.467 e. The molecule has 3 heterocycles. The Bertz CT molecular complexity index is 911. The second-order valence-corrected chi connectivity index (χ2v) is 7.82. The van der Waals surface area contributed by atoms with Crippen molar-refractivity contribution in [3.05, 3.63) is 41.6 Å². The molecule has 1 amide bonds. The molecule has 0 spiro atoms. The average molecular weight is 424 g/mol. The largest absolute Gasteiger partial charge is 0.467 e. The topological polar surface area (TPSA) is 77.4 Å². The monoisotopic (exact) mass is 424 g/mol. The maximum atomic E-state index is 12.7. The average Bonchev–Trinajstić information content (AvgIpc) is 3.41. The van der Waals surface area contributed by atoms with E-state index in [1.54, 1.807) is 26.0 Å². The molecule has 2 aromatic rings. The van der Waals surface area contributed by atoms with Crippen LogP contribution in [0.3, 0.4) is 0 Å². The molecule has 3 atom stereocenters. The van der Waals surface area contributed by atoms with E-state index in [1.807, 2.05) is 12.1 Å². The van der Waals surface area contributed by atoms with Crippen molar-refractivity contribution in [3.8, 4) is 5.88 Å². The molecular weight excluding hydrogens is 401 g/mol. The Kier molecular flexibility index (Phi) is 5.46. The van der Waals surface area contributed by atoms with E-state index in [-0.39, 0.29) is 29.8 Å². The maximum Gasteiger partial charge on any atom is 0.422 e. The summed E-state index contributed by atoms with van der Waals surface area (Å²) in [7, 11) is 0. The van der Waals surface area contributed by atoms with Gasteiger partial charge < -0.3 is 20.1 Å². The van der Waals surface area contributed by atoms with Gasteiger partial charge in [0.15, 0.2) is 6.61 Å². The highest BCUT2D eigenvalue weighted by Gasteiger charge is 2.41. The zero-order chi connectivity index (χ0) is 21.5. The highest BCUT2D eigenvalue weighted by molar-refractivity contribution is 6.03. The number of nitrogens with one attached hydrogen (secondary N) is 2. The number of anilines is 1. The number of amides is 1. The smallest absolute Gasteiger partial charge is 0.422 e. The van der Waals surface area contributed by atoms with Gasteiger partial charge in [-0.15, -0.1) is 5.10 Å². The van der Waals surface area contributed by atoms with Crippen molar-refractivity contribution < 1.29 is 27.4 Å². The quantitative estimate of drug-likeness (QED) is 0.743. The summed E-state index contributed by atoms with van der Waals surface area (Å²) in [5.41, 5.74) is 1.71. The number of alkyl halides is 3. The lowest BCUT2D eigenvalue weighted by Crippen LogP contribution is -2.33. The molecule has 162 valence electrons. The molecule has 2 N–H and O–H groups in total. The molecule has 0 aliphatic carbocycles. The number of aromatic nitrogens is 2. The molecule has 2 saturated heterocycles. The van der Waals surface area contributed by atoms with Crippen molar-refractivity contribution in [1.29, 1.82) is 0 Å². The number of morpholine rings is 1. The van der Waals surface area contributed by atoms with Crippen LogP contribution in [-0.2, 0) is 4.74 Å². The Balaban J connectivity index is 1.44. The van der Waals surface area contributed by atoms with Crippen molar-refractivity contribution >= 4 is 11.6 Å². The fraction of sp³-hybridized carbons (Fsp3) is 0.500. The number of carbonyl (C=O) groups excluding carboxylic acids is 1. The lowest BCUT2D eigenvalue weighted by molar-refractivity contribution is -0.154. The maximum absolute atomic E-state index is 12.7. The van der Waals surface area contributed by atoms with Crippen LogP contribution < -0.4 is 15.4 Å². The van der Waals surface area contributed by atoms with Crippen LogP contribution in [0.15, 0.2) is 30.3 Å². The van der Waals surface area contributed by atoms with Crippen LogP contribution in [0.25, 0.3) is 0 Å². The first-order chi connectivity index (χ1) is 14.2. The van der Waals surface area contributed by atoms with Gasteiger partial charge in [-0.1, -0.05) is 12.1 Å². The molecule has 2 fully saturated rings. The number of ether oxygens (including phenoxy) is 2. The number of hydrogen-bond acceptors (Lipinski definition) is 5. The predicted molar refractivity (Wildman–Crippen MR) is 103 cm³/mol. The van der Waals surface area contributed by atoms with Crippen molar-refractivity contribution in [3.63, 3.8) is 0 Å². The first-order valence-electron chi connectivity index (χ1n) is 9.79. The predicted octanol–water partition coefficient (Wildman–Crippen LogP) is 3.46. The summed E-state index contributed by atoms with van der Waals surface area (Å²) >= 11 is 0. The number of rotatable bonds is 6. The van der Waals surface area contributed by atoms with Crippen LogP contribution in [0.1, 0.15) is 48.5 Å². The van der Waals surface area contributed by atoms with Gasteiger partial charge in [0.25, 0.3) is 5.91 Å². The summed E-state index contributed by atoms with van der Waals surface area (Å²) in [5.74, 6) is -0.730. The molecule has 2 aliphatic heterocycles. The fourth-order valence-corrected chi connectivity index (χ4v) is 3.79. The van der Waals surface area contributed by atoms with Gasteiger partial charge in [-0.2, -0.15) is 13.2 Å². The highest BCUT2D eigenvalue weighted by atomic mass is 19.4. The van der Waals surface area contributed by atoms with Gasteiger partial charge in [-0.25, -0.2) is 0 Å². The van der Waals surface area contributed by atoms with Crippen LogP contribution in [0.2, 0.25) is 0 Å². The molecule has 4 rings (SSSR count). The second-order valence-electron chi connectivity index (χ2n) is 7.82. The number of nitrogens with zero attached hydrogens (tertiary/aromatic N) is 2. The summed E-state index contributed by atoms with van der Waals surface area (Å²) in [6.07, 6.45) is -3.22. The summed E-state index contributed by atoms with van der Waals surface area (Å²) < 4.78 is 49.2. The molecule has 10 heteroatoms. The van der Waals surface area contributed by atoms with Gasteiger partial charge in [-0.05, 0) is 38.0 Å². The minimum atomic E-state index is -4.48. The van der Waals surface area contributed by atoms with Crippen LogP contribution in [-0.4, -0.2) is 47.2 Å². The standard InChI is InChI=1S/C20H23F3N4O3/c1-11(2)27-16(8-17(26-27)29-10-20(21,22)23)19(28)25-13-5-3-12(4-6-13)18-15-7-14(30-18)9-24-15/h3-6,8,11,14-15,18,24H,7,9-10H2,1-2H3,(H,25,28)/t14?,15-,18?/m0/s1. The third-order valence-corrected chi connectivity index (χ3v) is 5.14. The van der Waals surface area contributed by atoms with E-state index in [0.29, 0.717) is 11.7 Å². The van der Waals surface area contributed by atoms with Crippen molar-refractivity contribution in [1.82, 2.24) is 15.1 Å². The van der Waals surface area contributed by atoms with Crippen molar-refractivity contribution in [2.45, 2.75) is 50.7 Å². The zero-order valence-corrected chi connectivity index (χ0v) is 16.6. The van der Waals surface area contributed by atoms with E-state index in [9.17, 15) is 18.0 Å². The number of fused-ring (bicyclic) bond motifs is 2. The van der Waals surface area contributed by atoms with E-state index in [4.69, 9.17) is 4.74 Å². The molecule has 7 nitrogen and oxygen atoms in total. The highest BCUT2D eigenvalue weighted by Crippen LogP contribution is 2.37. The molecule has 1 aromatic carbocycles. The first kappa shape index (κ1) is 20.7. The molecule has 0 radical (unpaired) electrons. The molecule has 2 bridgehead atoms. The zero-order valence-electron chi connectivity index (χ0n) is 16.6. The first-order valence-corrected chi connectivity index (χ1v) is 9.79. The summed E-state index contributed by atoms with van der Waals surface area (Å²) in [4.78, 5) is 12.7. The van der Waals surface area contributed by atoms with Gasteiger partial charge in [-0.3, -0.25) is 9.48 Å². The minimum absolute atomic E-state index is 0.00390. The Morgan fingerprint density at radius 3 is 2.67 bits per heavy atom. The molecule has 1 aromatic heterocycles. The van der Waals surface area contributed by atoms with Crippen LogP contribution in [0.4, 0.5) is 18.9 Å². The summed E-state index contributed by atoms with van der Waals surface area (Å²) in [6.45, 7) is 2.96. The fourth-order valence-electron chi connectivity index (χ4n) is 3.79. The number of benzene rings is 1. The van der Waals surface area contributed by atoms with Gasteiger partial charge in [0.1, 0.15) is 5.69 Å². The van der Waals surface area contributed by atoms with Crippen LogP contribution >= 0.6 is 0 Å². The third kappa shape index (κ3) is 4.44. The summed E-state index contributed by atoms with van der Waals surface area (Å²) in [5, 5.41) is 10.2. The Labute approximate surface area is 171 Å². The number of carbonyl (C=O) groups is 1. The third-order valence-electron chi connectivity index (χ3n) is 5.14. The molecule has 0 saturated carbocycles. The molecule has 2 aliphatic rings.